The molecule has 0 radical (unpaired) electrons. The van der Waals surface area contributed by atoms with Crippen molar-refractivity contribution in [2.24, 2.45) is 0 Å². The number of hydrogen-bond donors (Lipinski definition) is 1. The highest BCUT2D eigenvalue weighted by Gasteiger charge is 2.24. The van der Waals surface area contributed by atoms with Crippen LogP contribution in [0.15, 0.2) is 29.4 Å². The van der Waals surface area contributed by atoms with Crippen molar-refractivity contribution in [2.45, 2.75) is 30.2 Å². The maximum Gasteiger partial charge on any atom is 0.235 e. The Kier molecular flexibility index (Phi) is 3.46. The number of rotatable bonds is 3. The minimum Gasteiger partial charge on any atom is -0.342 e. The number of para-hydroxylation sites is 2. The van der Waals surface area contributed by atoms with Crippen LogP contribution in [0.2, 0.25) is 0 Å². The minimum absolute atomic E-state index is 0.0846. The average Bonchev–Trinajstić information content (AvgIpc) is 3.06. The Morgan fingerprint density at radius 2 is 2.11 bits per heavy atom. The highest BCUT2D eigenvalue weighted by molar-refractivity contribution is 8.00. The van der Waals surface area contributed by atoms with Gasteiger partial charge in [-0.3, -0.25) is 4.79 Å². The van der Waals surface area contributed by atoms with Crippen molar-refractivity contribution in [2.75, 3.05) is 13.1 Å². The summed E-state index contributed by atoms with van der Waals surface area (Å²) in [5, 5.41) is 0.736. The molecule has 19 heavy (non-hydrogen) atoms. The van der Waals surface area contributed by atoms with Crippen molar-refractivity contribution in [3.63, 3.8) is 0 Å². The summed E-state index contributed by atoms with van der Waals surface area (Å²) in [7, 11) is 0. The number of aromatic amines is 1. The number of H-pyrrole nitrogens is 1. The number of amides is 1. The van der Waals surface area contributed by atoms with Crippen molar-refractivity contribution < 1.29 is 4.79 Å². The van der Waals surface area contributed by atoms with E-state index in [1.54, 1.807) is 0 Å². The molecular formula is C14H17N3OS. The summed E-state index contributed by atoms with van der Waals surface area (Å²) in [6.45, 7) is 3.77. The van der Waals surface area contributed by atoms with Gasteiger partial charge in [0.1, 0.15) is 0 Å². The lowest BCUT2D eigenvalue weighted by atomic mass is 10.3. The van der Waals surface area contributed by atoms with Crippen LogP contribution in [0.25, 0.3) is 11.0 Å². The first-order valence-corrected chi connectivity index (χ1v) is 7.52. The predicted molar refractivity (Wildman–Crippen MR) is 77.2 cm³/mol. The number of nitrogens with zero attached hydrogens (tertiary/aromatic N) is 2. The Bertz CT molecular complexity index is 556. The summed E-state index contributed by atoms with van der Waals surface area (Å²) in [6.07, 6.45) is 2.27. The predicted octanol–water partition coefficient (Wildman–Crippen LogP) is 2.67. The number of likely N-dealkylation sites (tertiary alicyclic amines) is 1. The summed E-state index contributed by atoms with van der Waals surface area (Å²) in [6, 6.07) is 7.92. The molecule has 1 amide bonds. The number of fused-ring (bicyclic) bond motifs is 1. The number of hydrogen-bond acceptors (Lipinski definition) is 3. The normalized spacial score (nSPS) is 17.0. The molecule has 1 fully saturated rings. The maximum absolute atomic E-state index is 12.2. The van der Waals surface area contributed by atoms with Crippen LogP contribution in [-0.4, -0.2) is 39.1 Å². The maximum atomic E-state index is 12.2. The van der Waals surface area contributed by atoms with Gasteiger partial charge in [0.25, 0.3) is 0 Å². The summed E-state index contributed by atoms with van der Waals surface area (Å²) in [4.78, 5) is 21.9. The first kappa shape index (κ1) is 12.5. The van der Waals surface area contributed by atoms with Crippen LogP contribution in [0.4, 0.5) is 0 Å². The number of benzene rings is 1. The smallest absolute Gasteiger partial charge is 0.235 e. The summed E-state index contributed by atoms with van der Waals surface area (Å²) in [5.74, 6) is 0.225. The molecule has 3 rings (SSSR count). The fraction of sp³-hybridized carbons (Fsp3) is 0.429. The number of carbonyl (C=O) groups excluding carboxylic acids is 1. The van der Waals surface area contributed by atoms with Crippen LogP contribution in [-0.2, 0) is 4.79 Å². The topological polar surface area (TPSA) is 49.0 Å². The number of nitrogens with one attached hydrogen (secondary N) is 1. The summed E-state index contributed by atoms with van der Waals surface area (Å²) in [5.41, 5.74) is 1.97. The summed E-state index contributed by atoms with van der Waals surface area (Å²) >= 11 is 1.51. The van der Waals surface area contributed by atoms with E-state index >= 15 is 0 Å². The van der Waals surface area contributed by atoms with E-state index in [-0.39, 0.29) is 11.2 Å². The van der Waals surface area contributed by atoms with Gasteiger partial charge in [0.15, 0.2) is 5.16 Å². The highest BCUT2D eigenvalue weighted by atomic mass is 32.2. The Hall–Kier alpha value is -1.49. The van der Waals surface area contributed by atoms with Gasteiger partial charge in [-0.2, -0.15) is 0 Å². The van der Waals surface area contributed by atoms with Gasteiger partial charge < -0.3 is 9.88 Å². The first-order valence-electron chi connectivity index (χ1n) is 6.64. The third kappa shape index (κ3) is 2.61. The quantitative estimate of drug-likeness (QED) is 0.876. The monoisotopic (exact) mass is 275 g/mol. The van der Waals surface area contributed by atoms with E-state index in [2.05, 4.69) is 9.97 Å². The van der Waals surface area contributed by atoms with Gasteiger partial charge in [-0.25, -0.2) is 4.98 Å². The van der Waals surface area contributed by atoms with Crippen molar-refractivity contribution in [1.29, 1.82) is 0 Å². The zero-order valence-corrected chi connectivity index (χ0v) is 11.7. The van der Waals surface area contributed by atoms with Crippen LogP contribution >= 0.6 is 11.8 Å². The molecule has 2 heterocycles. The Morgan fingerprint density at radius 3 is 2.84 bits per heavy atom. The zero-order chi connectivity index (χ0) is 13.2. The van der Waals surface area contributed by atoms with Gasteiger partial charge in [0.2, 0.25) is 5.91 Å². The lowest BCUT2D eigenvalue weighted by Gasteiger charge is -2.19. The molecule has 0 aliphatic carbocycles. The Labute approximate surface area is 116 Å². The van der Waals surface area contributed by atoms with Gasteiger partial charge in [-0.1, -0.05) is 23.9 Å². The second kappa shape index (κ2) is 5.25. The number of thioether (sulfide) groups is 1. The molecule has 0 bridgehead atoms. The highest BCUT2D eigenvalue weighted by Crippen LogP contribution is 2.25. The molecule has 1 atom stereocenters. The largest absolute Gasteiger partial charge is 0.342 e. The van der Waals surface area contributed by atoms with Crippen LogP contribution in [0.3, 0.4) is 0 Å². The number of imidazole rings is 1. The number of aromatic nitrogens is 2. The van der Waals surface area contributed by atoms with Crippen molar-refractivity contribution in [3.8, 4) is 0 Å². The van der Waals surface area contributed by atoms with E-state index in [1.807, 2.05) is 36.1 Å². The molecule has 0 saturated carbocycles. The van der Waals surface area contributed by atoms with Gasteiger partial charge in [0, 0.05) is 13.1 Å². The standard InChI is InChI=1S/C14H17N3OS/c1-10(13(18)17-8-4-5-9-17)19-14-15-11-6-2-3-7-12(11)16-14/h2-3,6-7,10H,4-5,8-9H2,1H3,(H,15,16). The molecule has 2 aromatic rings. The molecule has 4 nitrogen and oxygen atoms in total. The van der Waals surface area contributed by atoms with E-state index in [4.69, 9.17) is 0 Å². The number of carbonyl (C=O) groups is 1. The molecule has 5 heteroatoms. The molecule has 0 spiro atoms. The average molecular weight is 275 g/mol. The first-order chi connectivity index (χ1) is 9.24. The van der Waals surface area contributed by atoms with E-state index in [0.717, 1.165) is 42.1 Å². The zero-order valence-electron chi connectivity index (χ0n) is 10.9. The molecule has 1 unspecified atom stereocenters. The summed E-state index contributed by atoms with van der Waals surface area (Å²) < 4.78 is 0. The van der Waals surface area contributed by atoms with Crippen molar-refractivity contribution >= 4 is 28.7 Å². The van der Waals surface area contributed by atoms with E-state index < -0.39 is 0 Å². The van der Waals surface area contributed by atoms with Gasteiger partial charge in [0.05, 0.1) is 16.3 Å². The molecular weight excluding hydrogens is 258 g/mol. The fourth-order valence-corrected chi connectivity index (χ4v) is 3.30. The molecule has 1 aliphatic heterocycles. The van der Waals surface area contributed by atoms with E-state index in [9.17, 15) is 4.79 Å². The van der Waals surface area contributed by atoms with E-state index in [1.165, 1.54) is 11.8 Å². The molecule has 1 N–H and O–H groups in total. The Balaban J connectivity index is 1.71. The van der Waals surface area contributed by atoms with Crippen LogP contribution in [0.5, 0.6) is 0 Å². The van der Waals surface area contributed by atoms with Gasteiger partial charge in [-0.15, -0.1) is 0 Å². The molecule has 1 aromatic heterocycles. The van der Waals surface area contributed by atoms with Gasteiger partial charge in [-0.05, 0) is 31.9 Å². The molecule has 1 aromatic carbocycles. The molecule has 1 aliphatic rings. The SMILES string of the molecule is CC(Sc1nc2ccccc2[nH]1)C(=O)N1CCCC1. The molecule has 1 saturated heterocycles. The third-order valence-electron chi connectivity index (χ3n) is 3.42. The minimum atomic E-state index is -0.0846. The van der Waals surface area contributed by atoms with Crippen molar-refractivity contribution in [3.05, 3.63) is 24.3 Å². The lowest BCUT2D eigenvalue weighted by Crippen LogP contribution is -2.34. The second-order valence-electron chi connectivity index (χ2n) is 4.85. The van der Waals surface area contributed by atoms with Gasteiger partial charge >= 0.3 is 0 Å². The van der Waals surface area contributed by atoms with Crippen LogP contribution in [0.1, 0.15) is 19.8 Å². The van der Waals surface area contributed by atoms with Crippen LogP contribution < -0.4 is 0 Å². The van der Waals surface area contributed by atoms with Crippen molar-refractivity contribution in [1.82, 2.24) is 14.9 Å². The second-order valence-corrected chi connectivity index (χ2v) is 6.18. The third-order valence-corrected chi connectivity index (χ3v) is 4.39. The Morgan fingerprint density at radius 1 is 1.37 bits per heavy atom. The molecule has 100 valence electrons. The van der Waals surface area contributed by atoms with Crippen LogP contribution in [0, 0.1) is 0 Å². The lowest BCUT2D eigenvalue weighted by molar-refractivity contribution is -0.129. The van der Waals surface area contributed by atoms with E-state index in [0.29, 0.717) is 0 Å². The fourth-order valence-electron chi connectivity index (χ4n) is 2.40.